The molecular formula is C25H19FN6. The van der Waals surface area contributed by atoms with E-state index in [1.54, 1.807) is 16.6 Å². The molecule has 0 atom stereocenters. The van der Waals surface area contributed by atoms with Gasteiger partial charge in [0.15, 0.2) is 11.5 Å². The zero-order valence-corrected chi connectivity index (χ0v) is 17.0. The number of anilines is 2. The molecule has 0 fully saturated rings. The summed E-state index contributed by atoms with van der Waals surface area (Å²) in [7, 11) is 0. The maximum atomic E-state index is 13.4. The number of hydrogen-bond donors (Lipinski definition) is 2. The van der Waals surface area contributed by atoms with Crippen LogP contribution in [0.3, 0.4) is 0 Å². The fraction of sp³-hybridized carbons (Fsp3) is 0. The van der Waals surface area contributed by atoms with E-state index in [0.29, 0.717) is 28.6 Å². The molecule has 2 aromatic heterocycles. The number of fused-ring (bicyclic) bond motifs is 1. The van der Waals surface area contributed by atoms with Crippen molar-refractivity contribution in [2.24, 2.45) is 5.10 Å². The molecule has 0 unspecified atom stereocenters. The SMILES string of the molecule is Nc1nc2ccc(/C(=N/Nc3ccccc3)c3ccccc3)nn2c1-c1ccc(F)cc1. The summed E-state index contributed by atoms with van der Waals surface area (Å²) in [4.78, 5) is 4.41. The third kappa shape index (κ3) is 3.79. The predicted molar refractivity (Wildman–Crippen MR) is 125 cm³/mol. The van der Waals surface area contributed by atoms with Gasteiger partial charge in [-0.25, -0.2) is 13.9 Å². The Balaban J connectivity index is 1.64. The second-order valence-corrected chi connectivity index (χ2v) is 7.15. The first-order valence-electron chi connectivity index (χ1n) is 10.0. The highest BCUT2D eigenvalue weighted by Crippen LogP contribution is 2.27. The first-order valence-corrected chi connectivity index (χ1v) is 10.0. The first-order chi connectivity index (χ1) is 15.7. The van der Waals surface area contributed by atoms with Crippen LogP contribution < -0.4 is 11.2 Å². The van der Waals surface area contributed by atoms with E-state index in [2.05, 4.69) is 15.5 Å². The van der Waals surface area contributed by atoms with Crippen LogP contribution in [0.2, 0.25) is 0 Å². The average Bonchev–Trinajstić information content (AvgIpc) is 3.16. The van der Waals surface area contributed by atoms with Gasteiger partial charge in [-0.2, -0.15) is 10.2 Å². The van der Waals surface area contributed by atoms with E-state index in [0.717, 1.165) is 16.8 Å². The molecular weight excluding hydrogens is 403 g/mol. The van der Waals surface area contributed by atoms with Gasteiger partial charge < -0.3 is 5.73 Å². The number of nitrogens with two attached hydrogens (primary N) is 1. The summed E-state index contributed by atoms with van der Waals surface area (Å²) in [5.74, 6) is 0.00198. The van der Waals surface area contributed by atoms with E-state index >= 15 is 0 Å². The molecule has 0 saturated heterocycles. The van der Waals surface area contributed by atoms with Crippen molar-refractivity contribution in [2.75, 3.05) is 11.2 Å². The summed E-state index contributed by atoms with van der Waals surface area (Å²) in [5, 5.41) is 9.45. The summed E-state index contributed by atoms with van der Waals surface area (Å²) < 4.78 is 15.1. The minimum atomic E-state index is -0.319. The van der Waals surface area contributed by atoms with E-state index in [1.807, 2.05) is 72.8 Å². The smallest absolute Gasteiger partial charge is 0.156 e. The Bertz CT molecular complexity index is 1390. The minimum Gasteiger partial charge on any atom is -0.382 e. The first kappa shape index (κ1) is 19.4. The lowest BCUT2D eigenvalue weighted by atomic mass is 10.1. The number of nitrogens with zero attached hydrogens (tertiary/aromatic N) is 4. The number of nitrogen functional groups attached to an aromatic ring is 1. The molecule has 0 bridgehead atoms. The van der Waals surface area contributed by atoms with Crippen LogP contribution in [0.25, 0.3) is 16.9 Å². The minimum absolute atomic E-state index is 0.319. The van der Waals surface area contributed by atoms with Crippen molar-refractivity contribution in [3.8, 4) is 11.3 Å². The van der Waals surface area contributed by atoms with Crippen molar-refractivity contribution in [3.63, 3.8) is 0 Å². The molecule has 5 rings (SSSR count). The average molecular weight is 422 g/mol. The fourth-order valence-electron chi connectivity index (χ4n) is 3.45. The molecule has 6 nitrogen and oxygen atoms in total. The molecule has 0 saturated carbocycles. The zero-order chi connectivity index (χ0) is 21.9. The van der Waals surface area contributed by atoms with Gasteiger partial charge in [-0.3, -0.25) is 5.43 Å². The number of nitrogens with one attached hydrogen (secondary N) is 1. The Kier molecular flexibility index (Phi) is 5.05. The van der Waals surface area contributed by atoms with Gasteiger partial charge >= 0.3 is 0 Å². The van der Waals surface area contributed by atoms with Crippen molar-refractivity contribution >= 4 is 22.9 Å². The lowest BCUT2D eigenvalue weighted by Gasteiger charge is -2.09. The maximum absolute atomic E-state index is 13.4. The lowest BCUT2D eigenvalue weighted by molar-refractivity contribution is 0.628. The second kappa shape index (κ2) is 8.31. The van der Waals surface area contributed by atoms with E-state index in [9.17, 15) is 4.39 Å². The van der Waals surface area contributed by atoms with E-state index < -0.39 is 0 Å². The van der Waals surface area contributed by atoms with Crippen LogP contribution in [0.15, 0.2) is 102 Å². The molecule has 0 aliphatic rings. The Labute approximate surface area is 183 Å². The van der Waals surface area contributed by atoms with Gasteiger partial charge in [-0.05, 0) is 48.5 Å². The van der Waals surface area contributed by atoms with Crippen molar-refractivity contribution < 1.29 is 4.39 Å². The Morgan fingerprint density at radius 3 is 2.25 bits per heavy atom. The molecule has 0 amide bonds. The molecule has 0 radical (unpaired) electrons. The lowest BCUT2D eigenvalue weighted by Crippen LogP contribution is -2.11. The van der Waals surface area contributed by atoms with Gasteiger partial charge in [0.2, 0.25) is 0 Å². The Morgan fingerprint density at radius 1 is 0.844 bits per heavy atom. The van der Waals surface area contributed by atoms with Gasteiger partial charge in [0, 0.05) is 11.1 Å². The summed E-state index contributed by atoms with van der Waals surface area (Å²) in [6.07, 6.45) is 0. The predicted octanol–water partition coefficient (Wildman–Crippen LogP) is 4.98. The molecule has 156 valence electrons. The summed E-state index contributed by atoms with van der Waals surface area (Å²) in [5.41, 5.74) is 14.3. The zero-order valence-electron chi connectivity index (χ0n) is 17.0. The normalized spacial score (nSPS) is 11.6. The van der Waals surface area contributed by atoms with Crippen molar-refractivity contribution in [1.82, 2.24) is 14.6 Å². The molecule has 5 aromatic rings. The second-order valence-electron chi connectivity index (χ2n) is 7.15. The van der Waals surface area contributed by atoms with Gasteiger partial charge in [0.05, 0.1) is 5.69 Å². The van der Waals surface area contributed by atoms with Crippen LogP contribution in [0.4, 0.5) is 15.9 Å². The summed E-state index contributed by atoms with van der Waals surface area (Å²) in [6.45, 7) is 0. The van der Waals surface area contributed by atoms with Crippen molar-refractivity contribution in [1.29, 1.82) is 0 Å². The van der Waals surface area contributed by atoms with Crippen LogP contribution in [0.1, 0.15) is 11.3 Å². The van der Waals surface area contributed by atoms with Crippen molar-refractivity contribution in [3.05, 3.63) is 114 Å². The summed E-state index contributed by atoms with van der Waals surface area (Å²) in [6, 6.07) is 29.3. The van der Waals surface area contributed by atoms with E-state index in [1.165, 1.54) is 12.1 Å². The van der Waals surface area contributed by atoms with Crippen LogP contribution >= 0.6 is 0 Å². The largest absolute Gasteiger partial charge is 0.382 e. The standard InChI is InChI=1S/C25H19FN6/c26-19-13-11-18(12-14-19)24-25(27)28-22-16-15-21(31-32(22)24)23(17-7-3-1-4-8-17)30-29-20-9-5-2-6-10-20/h1-16,29H,27H2/b30-23+. The van der Waals surface area contributed by atoms with Gasteiger partial charge in [0.1, 0.15) is 22.9 Å². The highest BCUT2D eigenvalue weighted by atomic mass is 19.1. The number of rotatable bonds is 5. The van der Waals surface area contributed by atoms with Crippen LogP contribution in [0.5, 0.6) is 0 Å². The summed E-state index contributed by atoms with van der Waals surface area (Å²) >= 11 is 0. The number of hydrogen-bond acceptors (Lipinski definition) is 5. The van der Waals surface area contributed by atoms with Crippen LogP contribution in [-0.2, 0) is 0 Å². The molecule has 0 aliphatic carbocycles. The molecule has 7 heteroatoms. The number of hydrazone groups is 1. The van der Waals surface area contributed by atoms with Crippen molar-refractivity contribution in [2.45, 2.75) is 0 Å². The van der Waals surface area contributed by atoms with Gasteiger partial charge in [-0.15, -0.1) is 0 Å². The topological polar surface area (TPSA) is 80.6 Å². The monoisotopic (exact) mass is 422 g/mol. The van der Waals surface area contributed by atoms with Gasteiger partial charge in [0.25, 0.3) is 0 Å². The van der Waals surface area contributed by atoms with E-state index in [4.69, 9.17) is 10.8 Å². The molecule has 0 spiro atoms. The number of para-hydroxylation sites is 1. The number of imidazole rings is 1. The van der Waals surface area contributed by atoms with Crippen LogP contribution in [0, 0.1) is 5.82 Å². The molecule has 3 N–H and O–H groups in total. The Morgan fingerprint density at radius 2 is 1.53 bits per heavy atom. The maximum Gasteiger partial charge on any atom is 0.156 e. The third-order valence-electron chi connectivity index (χ3n) is 4.98. The number of halogens is 1. The van der Waals surface area contributed by atoms with Gasteiger partial charge in [-0.1, -0.05) is 48.5 Å². The quantitative estimate of drug-likeness (QED) is 0.309. The highest BCUT2D eigenvalue weighted by molar-refractivity contribution is 6.12. The number of benzene rings is 3. The Hall–Kier alpha value is -4.52. The molecule has 32 heavy (non-hydrogen) atoms. The molecule has 3 aromatic carbocycles. The third-order valence-corrected chi connectivity index (χ3v) is 4.98. The van der Waals surface area contributed by atoms with E-state index in [-0.39, 0.29) is 5.82 Å². The molecule has 0 aliphatic heterocycles. The number of aromatic nitrogens is 3. The van der Waals surface area contributed by atoms with Crippen LogP contribution in [-0.4, -0.2) is 20.3 Å². The highest BCUT2D eigenvalue weighted by Gasteiger charge is 2.16. The fourth-order valence-corrected chi connectivity index (χ4v) is 3.45. The molecule has 2 heterocycles.